The van der Waals surface area contributed by atoms with Gasteiger partial charge >= 0.3 is 0 Å². The second-order valence-corrected chi connectivity index (χ2v) is 8.00. The molecular formula is C19H27N5O2S. The fourth-order valence-corrected chi connectivity index (χ4v) is 3.90. The van der Waals surface area contributed by atoms with Crippen molar-refractivity contribution >= 4 is 17.7 Å². The van der Waals surface area contributed by atoms with Crippen molar-refractivity contribution in [1.82, 2.24) is 25.0 Å². The van der Waals surface area contributed by atoms with E-state index in [0.717, 1.165) is 54.0 Å². The molecule has 1 amide bonds. The Balaban J connectivity index is 1.80. The van der Waals surface area contributed by atoms with Gasteiger partial charge in [0.2, 0.25) is 5.91 Å². The molecule has 1 saturated carbocycles. The van der Waals surface area contributed by atoms with E-state index in [2.05, 4.69) is 34.5 Å². The van der Waals surface area contributed by atoms with Gasteiger partial charge in [0.25, 0.3) is 0 Å². The van der Waals surface area contributed by atoms with E-state index in [1.165, 1.54) is 0 Å². The van der Waals surface area contributed by atoms with E-state index in [0.29, 0.717) is 6.54 Å². The summed E-state index contributed by atoms with van der Waals surface area (Å²) in [5, 5.41) is 12.5. The quantitative estimate of drug-likeness (QED) is 0.664. The minimum atomic E-state index is 0.114. The Hall–Kier alpha value is -2.06. The van der Waals surface area contributed by atoms with Crippen LogP contribution in [0.15, 0.2) is 29.4 Å². The van der Waals surface area contributed by atoms with Crippen LogP contribution >= 0.6 is 11.8 Å². The van der Waals surface area contributed by atoms with Crippen LogP contribution in [0.4, 0.5) is 0 Å². The topological polar surface area (TPSA) is 72.3 Å². The van der Waals surface area contributed by atoms with Crippen LogP contribution in [-0.4, -0.2) is 59.1 Å². The van der Waals surface area contributed by atoms with Crippen LogP contribution in [0, 0.1) is 5.92 Å². The van der Waals surface area contributed by atoms with Crippen molar-refractivity contribution in [3.63, 3.8) is 0 Å². The summed E-state index contributed by atoms with van der Waals surface area (Å²) in [6.45, 7) is 1.32. The van der Waals surface area contributed by atoms with Crippen LogP contribution in [0.3, 0.4) is 0 Å². The molecule has 0 radical (unpaired) electrons. The molecule has 0 spiro atoms. The maximum absolute atomic E-state index is 12.2. The van der Waals surface area contributed by atoms with Crippen molar-refractivity contribution in [2.24, 2.45) is 5.92 Å². The number of rotatable bonds is 9. The lowest BCUT2D eigenvalue weighted by atomic mass is 9.85. The lowest BCUT2D eigenvalue weighted by Gasteiger charge is -2.24. The van der Waals surface area contributed by atoms with Crippen LogP contribution in [0.5, 0.6) is 5.75 Å². The lowest BCUT2D eigenvalue weighted by molar-refractivity contribution is -0.127. The molecule has 1 heterocycles. The first-order chi connectivity index (χ1) is 13.1. The van der Waals surface area contributed by atoms with Crippen LogP contribution in [-0.2, 0) is 11.3 Å². The van der Waals surface area contributed by atoms with Crippen molar-refractivity contribution in [3.05, 3.63) is 30.1 Å². The normalized spacial score (nSPS) is 14.2. The van der Waals surface area contributed by atoms with Crippen molar-refractivity contribution in [3.8, 4) is 11.4 Å². The van der Waals surface area contributed by atoms with Crippen molar-refractivity contribution < 1.29 is 9.53 Å². The zero-order chi connectivity index (χ0) is 19.2. The Morgan fingerprint density at radius 2 is 2.19 bits per heavy atom. The predicted molar refractivity (Wildman–Crippen MR) is 106 cm³/mol. The number of amides is 1. The number of nitrogens with zero attached hydrogens (tertiary/aromatic N) is 4. The lowest BCUT2D eigenvalue weighted by Crippen LogP contribution is -2.34. The van der Waals surface area contributed by atoms with Gasteiger partial charge in [0, 0.05) is 24.3 Å². The first kappa shape index (κ1) is 19.7. The molecule has 0 saturated heterocycles. The molecule has 2 aromatic rings. The van der Waals surface area contributed by atoms with Gasteiger partial charge in [-0.15, -0.1) is 10.2 Å². The summed E-state index contributed by atoms with van der Waals surface area (Å²) < 4.78 is 7.36. The number of carbonyl (C=O) groups is 1. The van der Waals surface area contributed by atoms with Gasteiger partial charge in [0.15, 0.2) is 11.0 Å². The third-order valence-corrected chi connectivity index (χ3v) is 5.59. The molecule has 1 N–H and O–H groups in total. The number of aromatic nitrogens is 3. The Morgan fingerprint density at radius 1 is 1.37 bits per heavy atom. The highest BCUT2D eigenvalue weighted by Gasteiger charge is 2.25. The number of thioether (sulfide) groups is 1. The first-order valence-electron chi connectivity index (χ1n) is 9.22. The average Bonchev–Trinajstić information content (AvgIpc) is 3.01. The Morgan fingerprint density at radius 3 is 2.85 bits per heavy atom. The van der Waals surface area contributed by atoms with E-state index in [4.69, 9.17) is 4.74 Å². The molecule has 0 unspecified atom stereocenters. The fourth-order valence-electron chi connectivity index (χ4n) is 2.82. The predicted octanol–water partition coefficient (Wildman–Crippen LogP) is 2.35. The monoisotopic (exact) mass is 389 g/mol. The fraction of sp³-hybridized carbons (Fsp3) is 0.526. The van der Waals surface area contributed by atoms with E-state index >= 15 is 0 Å². The number of ether oxygens (including phenoxy) is 1. The zero-order valence-corrected chi connectivity index (χ0v) is 17.0. The third-order valence-electron chi connectivity index (χ3n) is 4.68. The van der Waals surface area contributed by atoms with E-state index in [9.17, 15) is 4.79 Å². The largest absolute Gasteiger partial charge is 0.497 e. The number of methoxy groups -OCH3 is 1. The number of carbonyl (C=O) groups excluding carboxylic acids is 1. The summed E-state index contributed by atoms with van der Waals surface area (Å²) in [4.78, 5) is 14.3. The smallest absolute Gasteiger partial charge is 0.223 e. The van der Waals surface area contributed by atoms with Gasteiger partial charge in [-0.1, -0.05) is 24.2 Å². The highest BCUT2D eigenvalue weighted by molar-refractivity contribution is 7.99. The Kier molecular flexibility index (Phi) is 6.73. The van der Waals surface area contributed by atoms with Crippen molar-refractivity contribution in [2.45, 2.75) is 31.0 Å². The number of benzene rings is 1. The molecule has 0 bridgehead atoms. The SMILES string of the molecule is COc1cccc(-n2c(CNC(=O)C3CCC3)nnc2SCCN(C)C)c1. The maximum atomic E-state index is 12.2. The van der Waals surface area contributed by atoms with Gasteiger partial charge in [0.05, 0.1) is 19.3 Å². The third kappa shape index (κ3) is 5.01. The summed E-state index contributed by atoms with van der Waals surface area (Å²) in [7, 11) is 5.75. The second kappa shape index (κ2) is 9.23. The number of hydrogen-bond acceptors (Lipinski definition) is 6. The van der Waals surface area contributed by atoms with Gasteiger partial charge in [-0.25, -0.2) is 0 Å². The van der Waals surface area contributed by atoms with Crippen LogP contribution in [0.2, 0.25) is 0 Å². The Bertz CT molecular complexity index is 773. The molecule has 7 nitrogen and oxygen atoms in total. The molecule has 3 rings (SSSR count). The minimum absolute atomic E-state index is 0.114. The molecular weight excluding hydrogens is 362 g/mol. The zero-order valence-electron chi connectivity index (χ0n) is 16.1. The molecule has 1 aliphatic carbocycles. The van der Waals surface area contributed by atoms with Gasteiger partial charge in [-0.3, -0.25) is 9.36 Å². The average molecular weight is 390 g/mol. The van der Waals surface area contributed by atoms with Gasteiger partial charge in [-0.05, 0) is 39.1 Å². The van der Waals surface area contributed by atoms with Crippen LogP contribution in [0.25, 0.3) is 5.69 Å². The van der Waals surface area contributed by atoms with Gasteiger partial charge < -0.3 is 15.0 Å². The summed E-state index contributed by atoms with van der Waals surface area (Å²) in [5.74, 6) is 2.68. The Labute approximate surface area is 164 Å². The van der Waals surface area contributed by atoms with Gasteiger partial charge in [0.1, 0.15) is 5.75 Å². The van der Waals surface area contributed by atoms with Crippen molar-refractivity contribution in [1.29, 1.82) is 0 Å². The standard InChI is InChI=1S/C19H27N5O2S/c1-23(2)10-11-27-19-22-21-17(13-20-18(25)14-6-4-7-14)24(19)15-8-5-9-16(12-15)26-3/h5,8-9,12,14H,4,6-7,10-11,13H2,1-3H3,(H,20,25). The summed E-state index contributed by atoms with van der Waals surface area (Å²) in [6.07, 6.45) is 3.12. The second-order valence-electron chi connectivity index (χ2n) is 6.93. The highest BCUT2D eigenvalue weighted by atomic mass is 32.2. The number of nitrogens with one attached hydrogen (secondary N) is 1. The molecule has 0 aliphatic heterocycles. The van der Waals surface area contributed by atoms with Crippen LogP contribution < -0.4 is 10.1 Å². The first-order valence-corrected chi connectivity index (χ1v) is 10.2. The summed E-state index contributed by atoms with van der Waals surface area (Å²) >= 11 is 1.65. The summed E-state index contributed by atoms with van der Waals surface area (Å²) in [6, 6.07) is 7.81. The van der Waals surface area contributed by atoms with E-state index in [-0.39, 0.29) is 11.8 Å². The highest BCUT2D eigenvalue weighted by Crippen LogP contribution is 2.27. The maximum Gasteiger partial charge on any atom is 0.223 e. The molecule has 27 heavy (non-hydrogen) atoms. The number of hydrogen-bond donors (Lipinski definition) is 1. The van der Waals surface area contributed by atoms with Crippen LogP contribution in [0.1, 0.15) is 25.1 Å². The molecule has 1 aliphatic rings. The van der Waals surface area contributed by atoms with Gasteiger partial charge in [-0.2, -0.15) is 0 Å². The molecule has 0 atom stereocenters. The van der Waals surface area contributed by atoms with E-state index < -0.39 is 0 Å². The molecule has 8 heteroatoms. The summed E-state index contributed by atoms with van der Waals surface area (Å²) in [5.41, 5.74) is 0.930. The van der Waals surface area contributed by atoms with E-state index in [1.54, 1.807) is 18.9 Å². The van der Waals surface area contributed by atoms with Crippen molar-refractivity contribution in [2.75, 3.05) is 33.5 Å². The molecule has 146 valence electrons. The molecule has 1 aromatic heterocycles. The minimum Gasteiger partial charge on any atom is -0.497 e. The molecule has 1 aromatic carbocycles. The molecule has 1 fully saturated rings. The van der Waals surface area contributed by atoms with E-state index in [1.807, 2.05) is 28.8 Å².